The van der Waals surface area contributed by atoms with Crippen molar-refractivity contribution in [2.45, 2.75) is 6.92 Å². The van der Waals surface area contributed by atoms with Crippen molar-refractivity contribution in [1.82, 2.24) is 0 Å². The van der Waals surface area contributed by atoms with Crippen molar-refractivity contribution in [1.29, 1.82) is 0 Å². The molecule has 1 aromatic rings. The first-order chi connectivity index (χ1) is 8.65. The quantitative estimate of drug-likeness (QED) is 0.446. The standard InChI is InChI=1S/C13H13NO4/c1-2-18-13(17)11-10(15)8-14(12(11)16)9-6-4-3-5-7-9/h3-7,15H,2,8H2,1H3/p+1. The number of para-hydroxylation sites is 1. The fraction of sp³-hybridized carbons (Fsp3) is 0.231. The van der Waals surface area contributed by atoms with Gasteiger partial charge in [-0.05, 0) is 19.1 Å². The number of hydrogen-bond acceptors (Lipinski definition) is 3. The third kappa shape index (κ3) is 2.07. The molecule has 94 valence electrons. The highest BCUT2D eigenvalue weighted by molar-refractivity contribution is 6.24. The lowest BCUT2D eigenvalue weighted by atomic mass is 10.2. The van der Waals surface area contributed by atoms with E-state index >= 15 is 0 Å². The lowest BCUT2D eigenvalue weighted by molar-refractivity contribution is -0.139. The summed E-state index contributed by atoms with van der Waals surface area (Å²) in [6.07, 6.45) is 0. The summed E-state index contributed by atoms with van der Waals surface area (Å²) in [4.78, 5) is 25.1. The molecule has 0 spiro atoms. The van der Waals surface area contributed by atoms with Crippen LogP contribution in [-0.4, -0.2) is 30.1 Å². The Morgan fingerprint density at radius 2 is 2.06 bits per heavy atom. The second kappa shape index (κ2) is 4.91. The van der Waals surface area contributed by atoms with E-state index in [-0.39, 0.29) is 24.5 Å². The Hall–Kier alpha value is -2.30. The summed E-state index contributed by atoms with van der Waals surface area (Å²) in [6, 6.07) is 8.97. The molecule has 1 aliphatic rings. The molecule has 0 bridgehead atoms. The van der Waals surface area contributed by atoms with Gasteiger partial charge in [-0.2, -0.15) is 0 Å². The van der Waals surface area contributed by atoms with Crippen LogP contribution in [0.1, 0.15) is 6.92 Å². The van der Waals surface area contributed by atoms with Gasteiger partial charge in [-0.3, -0.25) is 9.69 Å². The van der Waals surface area contributed by atoms with Crippen LogP contribution in [-0.2, 0) is 14.3 Å². The minimum Gasteiger partial charge on any atom is -0.594 e. The van der Waals surface area contributed by atoms with E-state index in [2.05, 4.69) is 0 Å². The number of amides is 1. The van der Waals surface area contributed by atoms with E-state index in [0.717, 1.165) is 0 Å². The predicted octanol–water partition coefficient (Wildman–Crippen LogP) is 0.575. The van der Waals surface area contributed by atoms with E-state index in [1.165, 1.54) is 4.90 Å². The average Bonchev–Trinajstić information content (AvgIpc) is 2.66. The van der Waals surface area contributed by atoms with E-state index in [4.69, 9.17) is 9.84 Å². The summed E-state index contributed by atoms with van der Waals surface area (Å²) in [7, 11) is 0. The topological polar surface area (TPSA) is 69.5 Å². The zero-order valence-corrected chi connectivity index (χ0v) is 9.97. The first-order valence-electron chi connectivity index (χ1n) is 5.64. The second-order valence-corrected chi connectivity index (χ2v) is 3.80. The van der Waals surface area contributed by atoms with Crippen molar-refractivity contribution >= 4 is 17.6 Å². The third-order valence-corrected chi connectivity index (χ3v) is 2.62. The third-order valence-electron chi connectivity index (χ3n) is 2.62. The average molecular weight is 248 g/mol. The number of esters is 1. The molecular formula is C13H14NO4+. The van der Waals surface area contributed by atoms with Crippen LogP contribution in [0.5, 0.6) is 0 Å². The molecule has 0 aliphatic carbocycles. The Balaban J connectivity index is 2.24. The van der Waals surface area contributed by atoms with Crippen LogP contribution in [0.4, 0.5) is 5.69 Å². The second-order valence-electron chi connectivity index (χ2n) is 3.80. The van der Waals surface area contributed by atoms with E-state index in [9.17, 15) is 9.59 Å². The largest absolute Gasteiger partial charge is 0.594 e. The van der Waals surface area contributed by atoms with Gasteiger partial charge in [0.2, 0.25) is 5.57 Å². The van der Waals surface area contributed by atoms with Gasteiger partial charge in [-0.15, -0.1) is 0 Å². The minimum absolute atomic E-state index is 0.00213. The van der Waals surface area contributed by atoms with Crippen LogP contribution in [0.2, 0.25) is 0 Å². The van der Waals surface area contributed by atoms with Crippen molar-refractivity contribution in [3.05, 3.63) is 41.7 Å². The molecule has 0 atom stereocenters. The smallest absolute Gasteiger partial charge is 0.352 e. The molecular weight excluding hydrogens is 234 g/mol. The van der Waals surface area contributed by atoms with Crippen LogP contribution in [0.25, 0.3) is 0 Å². The van der Waals surface area contributed by atoms with Gasteiger partial charge in [-0.1, -0.05) is 18.2 Å². The summed E-state index contributed by atoms with van der Waals surface area (Å²) in [5.41, 5.74) is 0.507. The molecule has 0 aromatic heterocycles. The molecule has 1 aromatic carbocycles. The highest BCUT2D eigenvalue weighted by Crippen LogP contribution is 2.24. The van der Waals surface area contributed by atoms with Crippen molar-refractivity contribution < 1.29 is 19.4 Å². The lowest BCUT2D eigenvalue weighted by Crippen LogP contribution is -2.28. The Morgan fingerprint density at radius 1 is 1.39 bits per heavy atom. The van der Waals surface area contributed by atoms with Crippen molar-refractivity contribution in [3.8, 4) is 0 Å². The van der Waals surface area contributed by atoms with E-state index < -0.39 is 11.9 Å². The van der Waals surface area contributed by atoms with Crippen LogP contribution >= 0.6 is 0 Å². The van der Waals surface area contributed by atoms with Crippen LogP contribution in [0.3, 0.4) is 0 Å². The molecule has 2 N–H and O–H groups in total. The number of ether oxygens (including phenoxy) is 1. The molecule has 0 radical (unpaired) electrons. The molecule has 1 aliphatic heterocycles. The Labute approximate surface area is 104 Å². The van der Waals surface area contributed by atoms with E-state index in [0.29, 0.717) is 5.69 Å². The van der Waals surface area contributed by atoms with Crippen LogP contribution in [0.15, 0.2) is 41.7 Å². The lowest BCUT2D eigenvalue weighted by Gasteiger charge is -2.14. The molecule has 2 rings (SSSR count). The van der Waals surface area contributed by atoms with Gasteiger partial charge in [0.05, 0.1) is 6.61 Å². The summed E-state index contributed by atoms with van der Waals surface area (Å²) in [5, 5.41) is 7.72. The number of carbonyl (C=O) groups excluding carboxylic acids is 2. The zero-order valence-electron chi connectivity index (χ0n) is 9.97. The molecule has 0 fully saturated rings. The number of benzene rings is 1. The maximum Gasteiger partial charge on any atom is 0.352 e. The molecule has 18 heavy (non-hydrogen) atoms. The maximum absolute atomic E-state index is 12.1. The molecule has 5 heteroatoms. The maximum atomic E-state index is 12.1. The normalized spacial score (nSPS) is 15.2. The monoisotopic (exact) mass is 248 g/mol. The number of nitrogens with zero attached hydrogens (tertiary/aromatic N) is 1. The Morgan fingerprint density at radius 3 is 2.67 bits per heavy atom. The van der Waals surface area contributed by atoms with Gasteiger partial charge >= 0.3 is 5.97 Å². The first-order valence-corrected chi connectivity index (χ1v) is 5.64. The molecule has 0 saturated heterocycles. The summed E-state index contributed by atoms with van der Waals surface area (Å²) in [5.74, 6) is -1.18. The Kier molecular flexibility index (Phi) is 3.32. The zero-order chi connectivity index (χ0) is 13.1. The molecule has 5 nitrogen and oxygen atoms in total. The van der Waals surface area contributed by atoms with Crippen molar-refractivity contribution in [2.24, 2.45) is 0 Å². The van der Waals surface area contributed by atoms with Crippen molar-refractivity contribution in [2.75, 3.05) is 18.1 Å². The van der Waals surface area contributed by atoms with E-state index in [1.807, 2.05) is 6.07 Å². The van der Waals surface area contributed by atoms with Crippen molar-refractivity contribution in [3.63, 3.8) is 0 Å². The van der Waals surface area contributed by atoms with Gasteiger partial charge in [0.25, 0.3) is 11.7 Å². The summed E-state index contributed by atoms with van der Waals surface area (Å²) in [6.45, 7) is 1.96. The highest BCUT2D eigenvalue weighted by atomic mass is 16.5. The fourth-order valence-electron chi connectivity index (χ4n) is 1.80. The molecule has 1 amide bonds. The summed E-state index contributed by atoms with van der Waals surface area (Å²) >= 11 is 0. The number of rotatable bonds is 3. The number of anilines is 1. The summed E-state index contributed by atoms with van der Waals surface area (Å²) < 4.78 is 4.79. The van der Waals surface area contributed by atoms with Gasteiger partial charge in [0.15, 0.2) is 0 Å². The number of hydrogen-bond donors (Lipinski definition) is 0. The van der Waals surface area contributed by atoms with Gasteiger partial charge in [0, 0.05) is 5.69 Å². The molecule has 0 unspecified atom stereocenters. The minimum atomic E-state index is -0.717. The van der Waals surface area contributed by atoms with Gasteiger partial charge < -0.3 is 9.84 Å². The van der Waals surface area contributed by atoms with Gasteiger partial charge in [-0.25, -0.2) is 4.79 Å². The predicted molar refractivity (Wildman–Crippen MR) is 66.1 cm³/mol. The first kappa shape index (κ1) is 12.2. The molecule has 0 saturated carbocycles. The highest BCUT2D eigenvalue weighted by Gasteiger charge is 2.40. The van der Waals surface area contributed by atoms with Crippen LogP contribution < -0.4 is 4.90 Å². The van der Waals surface area contributed by atoms with E-state index in [1.54, 1.807) is 31.2 Å². The van der Waals surface area contributed by atoms with Crippen LogP contribution in [0, 0.1) is 0 Å². The van der Waals surface area contributed by atoms with Gasteiger partial charge in [0.1, 0.15) is 6.54 Å². The fourth-order valence-corrected chi connectivity index (χ4v) is 1.80. The SMILES string of the molecule is CCOC(=O)C1=C([OH2+])CN(c2ccccc2)C1=O. The molecule has 1 heterocycles. The Bertz CT molecular complexity index is 507. The number of carbonyl (C=O) groups is 2.